The molecule has 1 amide bonds. The standard InChI is InChI=1S/C19H18N4O4S/c1-28(25,26)13-5-11-20-18(24)15-8-9-16(17-10-12-21-23-17)22-19(15)27-14-6-3-2-4-7-14/h2-10,12-13H,11H2,1H3,(H,20,24)(H,21,23)/b13-5+. The van der Waals surface area contributed by atoms with Crippen LogP contribution in [0.3, 0.4) is 0 Å². The van der Waals surface area contributed by atoms with E-state index < -0.39 is 15.7 Å². The van der Waals surface area contributed by atoms with E-state index in [1.54, 1.807) is 36.5 Å². The Morgan fingerprint density at radius 2 is 1.96 bits per heavy atom. The van der Waals surface area contributed by atoms with Gasteiger partial charge in [-0.05, 0) is 30.3 Å². The number of aromatic nitrogens is 3. The molecular formula is C19H18N4O4S. The third kappa shape index (κ3) is 5.27. The fraction of sp³-hybridized carbons (Fsp3) is 0.105. The Labute approximate surface area is 162 Å². The number of nitrogens with zero attached hydrogens (tertiary/aromatic N) is 2. The second-order valence-corrected chi connectivity index (χ2v) is 7.78. The van der Waals surface area contributed by atoms with Crippen molar-refractivity contribution >= 4 is 15.7 Å². The van der Waals surface area contributed by atoms with E-state index in [2.05, 4.69) is 20.5 Å². The predicted octanol–water partition coefficient (Wildman–Crippen LogP) is 2.55. The van der Waals surface area contributed by atoms with Crippen molar-refractivity contribution in [3.63, 3.8) is 0 Å². The molecule has 2 aromatic heterocycles. The number of hydrogen-bond acceptors (Lipinski definition) is 6. The summed E-state index contributed by atoms with van der Waals surface area (Å²) in [6.07, 6.45) is 4.04. The van der Waals surface area contributed by atoms with Crippen molar-refractivity contribution in [2.24, 2.45) is 0 Å². The topological polar surface area (TPSA) is 114 Å². The monoisotopic (exact) mass is 398 g/mol. The number of aromatic amines is 1. The highest BCUT2D eigenvalue weighted by Crippen LogP contribution is 2.26. The summed E-state index contributed by atoms with van der Waals surface area (Å²) in [5.74, 6) is 0.221. The quantitative estimate of drug-likeness (QED) is 0.632. The van der Waals surface area contributed by atoms with Crippen LogP contribution in [0.1, 0.15) is 10.4 Å². The van der Waals surface area contributed by atoms with Gasteiger partial charge in [0, 0.05) is 24.4 Å². The van der Waals surface area contributed by atoms with Gasteiger partial charge in [0.1, 0.15) is 11.3 Å². The first-order valence-corrected chi connectivity index (χ1v) is 10.3. The van der Waals surface area contributed by atoms with Gasteiger partial charge in [-0.2, -0.15) is 5.10 Å². The molecule has 0 radical (unpaired) electrons. The molecule has 2 heterocycles. The van der Waals surface area contributed by atoms with E-state index in [4.69, 9.17) is 4.74 Å². The number of amides is 1. The number of rotatable bonds is 7. The minimum Gasteiger partial charge on any atom is -0.438 e. The number of carbonyl (C=O) groups is 1. The van der Waals surface area contributed by atoms with Gasteiger partial charge in [0.15, 0.2) is 9.84 Å². The van der Waals surface area contributed by atoms with Crippen molar-refractivity contribution in [1.29, 1.82) is 0 Å². The maximum Gasteiger partial charge on any atom is 0.257 e. The Morgan fingerprint density at radius 1 is 1.18 bits per heavy atom. The van der Waals surface area contributed by atoms with Crippen molar-refractivity contribution in [3.8, 4) is 23.0 Å². The third-order valence-electron chi connectivity index (χ3n) is 3.56. The first kappa shape index (κ1) is 19.3. The third-order valence-corrected chi connectivity index (χ3v) is 4.25. The van der Waals surface area contributed by atoms with Crippen molar-refractivity contribution in [2.45, 2.75) is 0 Å². The zero-order chi connectivity index (χ0) is 20.0. The molecule has 0 atom stereocenters. The summed E-state index contributed by atoms with van der Waals surface area (Å²) in [6.45, 7) is 0.0545. The minimum absolute atomic E-state index is 0.0545. The molecule has 0 saturated carbocycles. The summed E-state index contributed by atoms with van der Waals surface area (Å²) in [5.41, 5.74) is 1.47. The van der Waals surface area contributed by atoms with Gasteiger partial charge in [0.05, 0.1) is 11.4 Å². The number of hydrogen-bond donors (Lipinski definition) is 2. The summed E-state index contributed by atoms with van der Waals surface area (Å²) in [7, 11) is -3.24. The molecule has 144 valence electrons. The van der Waals surface area contributed by atoms with Crippen LogP contribution in [0.2, 0.25) is 0 Å². The average molecular weight is 398 g/mol. The number of pyridine rings is 1. The lowest BCUT2D eigenvalue weighted by molar-refractivity contribution is 0.0955. The van der Waals surface area contributed by atoms with Gasteiger partial charge in [-0.1, -0.05) is 24.3 Å². The molecular weight excluding hydrogens is 380 g/mol. The second-order valence-electron chi connectivity index (χ2n) is 5.85. The molecule has 0 saturated heterocycles. The number of nitrogens with one attached hydrogen (secondary N) is 2. The summed E-state index contributed by atoms with van der Waals surface area (Å²) in [5, 5.41) is 10.4. The number of ether oxygens (including phenoxy) is 1. The van der Waals surface area contributed by atoms with Crippen LogP contribution < -0.4 is 10.1 Å². The van der Waals surface area contributed by atoms with Gasteiger partial charge in [0.25, 0.3) is 5.91 Å². The number of sulfone groups is 1. The van der Waals surface area contributed by atoms with E-state index in [9.17, 15) is 13.2 Å². The summed E-state index contributed by atoms with van der Waals surface area (Å²) in [4.78, 5) is 17.0. The second kappa shape index (κ2) is 8.49. The fourth-order valence-corrected chi connectivity index (χ4v) is 2.76. The normalized spacial score (nSPS) is 11.5. The molecule has 9 heteroatoms. The molecule has 1 aromatic carbocycles. The van der Waals surface area contributed by atoms with Crippen LogP contribution in [-0.2, 0) is 9.84 Å². The van der Waals surface area contributed by atoms with E-state index in [0.717, 1.165) is 11.7 Å². The molecule has 0 unspecified atom stereocenters. The molecule has 0 aliphatic carbocycles. The molecule has 3 aromatic rings. The maximum atomic E-state index is 12.5. The van der Waals surface area contributed by atoms with Crippen LogP contribution in [0.25, 0.3) is 11.4 Å². The number of carbonyl (C=O) groups excluding carboxylic acids is 1. The lowest BCUT2D eigenvalue weighted by Crippen LogP contribution is -2.24. The molecule has 3 rings (SSSR count). The van der Waals surface area contributed by atoms with Crippen molar-refractivity contribution < 1.29 is 17.9 Å². The average Bonchev–Trinajstić information content (AvgIpc) is 3.20. The Hall–Kier alpha value is -3.46. The van der Waals surface area contributed by atoms with Crippen LogP contribution >= 0.6 is 0 Å². The summed E-state index contributed by atoms with van der Waals surface area (Å²) < 4.78 is 28.0. The summed E-state index contributed by atoms with van der Waals surface area (Å²) in [6, 6.07) is 14.0. The highest BCUT2D eigenvalue weighted by atomic mass is 32.2. The van der Waals surface area contributed by atoms with Crippen LogP contribution in [0, 0.1) is 0 Å². The lowest BCUT2D eigenvalue weighted by Gasteiger charge is -2.11. The molecule has 0 bridgehead atoms. The van der Waals surface area contributed by atoms with Gasteiger partial charge in [0.2, 0.25) is 5.88 Å². The maximum absolute atomic E-state index is 12.5. The molecule has 2 N–H and O–H groups in total. The van der Waals surface area contributed by atoms with Gasteiger partial charge >= 0.3 is 0 Å². The van der Waals surface area contributed by atoms with Crippen LogP contribution in [0.15, 0.2) is 66.2 Å². The highest BCUT2D eigenvalue weighted by molar-refractivity contribution is 7.93. The van der Waals surface area contributed by atoms with Gasteiger partial charge in [-0.3, -0.25) is 9.89 Å². The molecule has 0 fully saturated rings. The Balaban J connectivity index is 1.86. The molecule has 8 nitrogen and oxygen atoms in total. The SMILES string of the molecule is CS(=O)(=O)/C=C/CNC(=O)c1ccc(-c2ccn[nH]2)nc1Oc1ccccc1. The Bertz CT molecular complexity index is 1080. The minimum atomic E-state index is -3.24. The van der Waals surface area contributed by atoms with Crippen LogP contribution in [-0.4, -0.2) is 42.3 Å². The molecule has 0 aliphatic rings. The smallest absolute Gasteiger partial charge is 0.257 e. The van der Waals surface area contributed by atoms with Crippen molar-refractivity contribution in [2.75, 3.05) is 12.8 Å². The van der Waals surface area contributed by atoms with Crippen LogP contribution in [0.4, 0.5) is 0 Å². The number of H-pyrrole nitrogens is 1. The van der Waals surface area contributed by atoms with E-state index in [1.807, 2.05) is 18.2 Å². The van der Waals surface area contributed by atoms with E-state index in [-0.39, 0.29) is 18.0 Å². The summed E-state index contributed by atoms with van der Waals surface area (Å²) >= 11 is 0. The first-order valence-electron chi connectivity index (χ1n) is 8.31. The Morgan fingerprint density at radius 3 is 2.64 bits per heavy atom. The number of para-hydroxylation sites is 1. The fourth-order valence-electron chi connectivity index (χ4n) is 2.31. The van der Waals surface area contributed by atoms with Crippen molar-refractivity contribution in [3.05, 3.63) is 71.8 Å². The van der Waals surface area contributed by atoms with Crippen molar-refractivity contribution in [1.82, 2.24) is 20.5 Å². The van der Waals surface area contributed by atoms with E-state index in [1.165, 1.54) is 6.08 Å². The van der Waals surface area contributed by atoms with Gasteiger partial charge in [-0.25, -0.2) is 13.4 Å². The lowest BCUT2D eigenvalue weighted by atomic mass is 10.2. The molecule has 0 spiro atoms. The van der Waals surface area contributed by atoms with Gasteiger partial charge < -0.3 is 10.1 Å². The van der Waals surface area contributed by atoms with E-state index >= 15 is 0 Å². The molecule has 0 aliphatic heterocycles. The molecule has 28 heavy (non-hydrogen) atoms. The number of benzene rings is 1. The zero-order valence-electron chi connectivity index (χ0n) is 15.0. The van der Waals surface area contributed by atoms with Gasteiger partial charge in [-0.15, -0.1) is 0 Å². The highest BCUT2D eigenvalue weighted by Gasteiger charge is 2.16. The zero-order valence-corrected chi connectivity index (χ0v) is 15.8. The van der Waals surface area contributed by atoms with E-state index in [0.29, 0.717) is 17.1 Å². The largest absolute Gasteiger partial charge is 0.438 e. The first-order chi connectivity index (χ1) is 13.4. The van der Waals surface area contributed by atoms with Crippen LogP contribution in [0.5, 0.6) is 11.6 Å². The Kier molecular flexibility index (Phi) is 5.85. The predicted molar refractivity (Wildman–Crippen MR) is 105 cm³/mol.